The number of unbranched alkanes of at least 4 members (excludes halogenated alkanes) is 4. The van der Waals surface area contributed by atoms with Crippen LogP contribution in [0, 0.1) is 0 Å². The fourth-order valence-corrected chi connectivity index (χ4v) is 3.06. The lowest BCUT2D eigenvalue weighted by Crippen LogP contribution is -2.42. The molecule has 0 radical (unpaired) electrons. The summed E-state index contributed by atoms with van der Waals surface area (Å²) in [5.74, 6) is 0.295. The van der Waals surface area contributed by atoms with E-state index in [9.17, 15) is 9.59 Å². The fraction of sp³-hybridized carbons (Fsp3) is 0.833. The van der Waals surface area contributed by atoms with Crippen LogP contribution in [0.5, 0.6) is 0 Å². The molecule has 7 N–H and O–H groups in total. The average molecular weight is 369 g/mol. The maximum Gasteiger partial charge on any atom is 0.239 e. The number of nitrogens with one attached hydrogen (secondary N) is 1. The van der Waals surface area contributed by atoms with Gasteiger partial charge >= 0.3 is 0 Å². The average Bonchev–Trinajstić information content (AvgIpc) is 3.14. The van der Waals surface area contributed by atoms with Crippen molar-refractivity contribution in [2.45, 2.75) is 70.3 Å². The standard InChI is InChI=1S/C18H36N6O2/c19-15(17(26)24-13-7-8-14-24)9-4-6-11-22-16(25)10-3-1-2-5-12-23-18(20)21/h15H,1-14,19H2,(H,22,25)(H4,20,21,23)/t15-/m0/s1. The van der Waals surface area contributed by atoms with Crippen molar-refractivity contribution in [1.82, 2.24) is 10.2 Å². The summed E-state index contributed by atoms with van der Waals surface area (Å²) >= 11 is 0. The summed E-state index contributed by atoms with van der Waals surface area (Å²) in [6.07, 6.45) is 8.95. The van der Waals surface area contributed by atoms with Crippen LogP contribution in [0.4, 0.5) is 0 Å². The summed E-state index contributed by atoms with van der Waals surface area (Å²) in [4.78, 5) is 29.6. The number of nitrogens with zero attached hydrogens (tertiary/aromatic N) is 2. The number of carbonyl (C=O) groups is 2. The van der Waals surface area contributed by atoms with Gasteiger partial charge in [-0.1, -0.05) is 12.8 Å². The summed E-state index contributed by atoms with van der Waals surface area (Å²) in [7, 11) is 0. The van der Waals surface area contributed by atoms with Crippen LogP contribution in [0.3, 0.4) is 0 Å². The second-order valence-corrected chi connectivity index (χ2v) is 6.96. The van der Waals surface area contributed by atoms with Crippen molar-refractivity contribution >= 4 is 17.8 Å². The SMILES string of the molecule is NC(N)=NCCCCCCC(=O)NCCCC[C@H](N)C(=O)N1CCCC1. The molecule has 1 heterocycles. The van der Waals surface area contributed by atoms with E-state index in [2.05, 4.69) is 10.3 Å². The van der Waals surface area contributed by atoms with Crippen molar-refractivity contribution in [2.24, 2.45) is 22.2 Å². The molecule has 1 fully saturated rings. The predicted octanol–water partition coefficient (Wildman–Crippen LogP) is 0.447. The van der Waals surface area contributed by atoms with Crippen LogP contribution in [0.25, 0.3) is 0 Å². The minimum atomic E-state index is -0.400. The van der Waals surface area contributed by atoms with Crippen LogP contribution in [-0.2, 0) is 9.59 Å². The van der Waals surface area contributed by atoms with Crippen LogP contribution in [0.2, 0.25) is 0 Å². The Morgan fingerprint density at radius 3 is 2.38 bits per heavy atom. The highest BCUT2D eigenvalue weighted by atomic mass is 16.2. The first-order valence-electron chi connectivity index (χ1n) is 9.87. The molecular formula is C18H36N6O2. The zero-order valence-corrected chi connectivity index (χ0v) is 15.9. The molecule has 8 heteroatoms. The van der Waals surface area contributed by atoms with Crippen molar-refractivity contribution < 1.29 is 9.59 Å². The maximum atomic E-state index is 12.1. The number of rotatable bonds is 13. The lowest BCUT2D eigenvalue weighted by atomic mass is 10.1. The van der Waals surface area contributed by atoms with Crippen LogP contribution >= 0.6 is 0 Å². The number of likely N-dealkylation sites (tertiary alicyclic amines) is 1. The summed E-state index contributed by atoms with van der Waals surface area (Å²) in [6.45, 7) is 2.98. The third kappa shape index (κ3) is 10.2. The molecule has 0 saturated carbocycles. The lowest BCUT2D eigenvalue weighted by Gasteiger charge is -2.20. The molecule has 0 spiro atoms. The number of guanidine groups is 1. The van der Waals surface area contributed by atoms with Gasteiger partial charge in [-0.25, -0.2) is 0 Å². The molecule has 0 aromatic heterocycles. The number of nitrogens with two attached hydrogens (primary N) is 3. The molecule has 0 unspecified atom stereocenters. The van der Waals surface area contributed by atoms with Crippen molar-refractivity contribution in [3.05, 3.63) is 0 Å². The Morgan fingerprint density at radius 2 is 1.69 bits per heavy atom. The Hall–Kier alpha value is -1.83. The molecule has 8 nitrogen and oxygen atoms in total. The summed E-state index contributed by atoms with van der Waals surface area (Å²) in [5, 5.41) is 2.93. The monoisotopic (exact) mass is 368 g/mol. The molecule has 0 bridgehead atoms. The van der Waals surface area contributed by atoms with Crippen molar-refractivity contribution in [2.75, 3.05) is 26.2 Å². The van der Waals surface area contributed by atoms with Crippen LogP contribution in [0.15, 0.2) is 4.99 Å². The van der Waals surface area contributed by atoms with Gasteiger partial charge in [-0.15, -0.1) is 0 Å². The Kier molecular flexibility index (Phi) is 11.4. The van der Waals surface area contributed by atoms with Gasteiger partial charge in [-0.3, -0.25) is 14.6 Å². The number of amides is 2. The number of aliphatic imine (C=N–C) groups is 1. The Morgan fingerprint density at radius 1 is 1.00 bits per heavy atom. The minimum Gasteiger partial charge on any atom is -0.370 e. The van der Waals surface area contributed by atoms with E-state index in [1.165, 1.54) is 0 Å². The normalized spacial score (nSPS) is 14.9. The molecule has 1 rings (SSSR count). The van der Waals surface area contributed by atoms with Gasteiger partial charge in [0.15, 0.2) is 5.96 Å². The first-order chi connectivity index (χ1) is 12.5. The van der Waals surface area contributed by atoms with Gasteiger partial charge in [0.05, 0.1) is 6.04 Å². The summed E-state index contributed by atoms with van der Waals surface area (Å²) in [6, 6.07) is -0.400. The first-order valence-corrected chi connectivity index (χ1v) is 9.87. The molecular weight excluding hydrogens is 332 g/mol. The first kappa shape index (κ1) is 22.2. The maximum absolute atomic E-state index is 12.1. The molecule has 0 aliphatic carbocycles. The second kappa shape index (κ2) is 13.4. The van der Waals surface area contributed by atoms with Gasteiger partial charge in [-0.2, -0.15) is 0 Å². The van der Waals surface area contributed by atoms with E-state index in [4.69, 9.17) is 17.2 Å². The van der Waals surface area contributed by atoms with E-state index in [0.717, 1.165) is 64.5 Å². The predicted molar refractivity (Wildman–Crippen MR) is 104 cm³/mol. The van der Waals surface area contributed by atoms with E-state index in [0.29, 0.717) is 25.9 Å². The number of hydrogen-bond donors (Lipinski definition) is 4. The molecule has 0 aromatic rings. The zero-order valence-electron chi connectivity index (χ0n) is 15.9. The molecule has 1 aliphatic heterocycles. The lowest BCUT2D eigenvalue weighted by molar-refractivity contribution is -0.131. The van der Waals surface area contributed by atoms with Gasteiger partial charge in [0.2, 0.25) is 11.8 Å². The van der Waals surface area contributed by atoms with Gasteiger partial charge in [-0.05, 0) is 44.9 Å². The summed E-state index contributed by atoms with van der Waals surface area (Å²) < 4.78 is 0. The van der Waals surface area contributed by atoms with Gasteiger partial charge < -0.3 is 27.4 Å². The Bertz CT molecular complexity index is 445. The molecule has 1 atom stereocenters. The van der Waals surface area contributed by atoms with Crippen molar-refractivity contribution in [3.8, 4) is 0 Å². The van der Waals surface area contributed by atoms with Crippen LogP contribution in [0.1, 0.15) is 64.2 Å². The van der Waals surface area contributed by atoms with E-state index < -0.39 is 6.04 Å². The number of hydrogen-bond acceptors (Lipinski definition) is 4. The molecule has 150 valence electrons. The highest BCUT2D eigenvalue weighted by Gasteiger charge is 2.22. The fourth-order valence-electron chi connectivity index (χ4n) is 3.06. The molecule has 0 aromatic carbocycles. The Labute approximate surface area is 156 Å². The minimum absolute atomic E-state index is 0.0753. The second-order valence-electron chi connectivity index (χ2n) is 6.96. The van der Waals surface area contributed by atoms with E-state index >= 15 is 0 Å². The molecule has 1 aliphatic rings. The summed E-state index contributed by atoms with van der Waals surface area (Å²) in [5.41, 5.74) is 16.5. The van der Waals surface area contributed by atoms with Gasteiger partial charge in [0, 0.05) is 32.6 Å². The van der Waals surface area contributed by atoms with Crippen molar-refractivity contribution in [1.29, 1.82) is 0 Å². The molecule has 1 saturated heterocycles. The van der Waals surface area contributed by atoms with E-state index in [1.807, 2.05) is 4.90 Å². The molecule has 26 heavy (non-hydrogen) atoms. The molecule has 2 amide bonds. The Balaban J connectivity index is 1.93. The van der Waals surface area contributed by atoms with Gasteiger partial charge in [0.25, 0.3) is 0 Å². The third-order valence-corrected chi connectivity index (χ3v) is 4.61. The number of carbonyl (C=O) groups excluding carboxylic acids is 2. The highest BCUT2D eigenvalue weighted by molar-refractivity contribution is 5.81. The third-order valence-electron chi connectivity index (χ3n) is 4.61. The highest BCUT2D eigenvalue weighted by Crippen LogP contribution is 2.11. The van der Waals surface area contributed by atoms with Crippen molar-refractivity contribution in [3.63, 3.8) is 0 Å². The topological polar surface area (TPSA) is 140 Å². The zero-order chi connectivity index (χ0) is 19.2. The van der Waals surface area contributed by atoms with E-state index in [-0.39, 0.29) is 17.8 Å². The largest absolute Gasteiger partial charge is 0.370 e. The quantitative estimate of drug-likeness (QED) is 0.212. The van der Waals surface area contributed by atoms with Gasteiger partial charge in [0.1, 0.15) is 0 Å². The van der Waals surface area contributed by atoms with Crippen LogP contribution in [-0.4, -0.2) is 54.9 Å². The smallest absolute Gasteiger partial charge is 0.239 e. The van der Waals surface area contributed by atoms with Crippen LogP contribution < -0.4 is 22.5 Å². The van der Waals surface area contributed by atoms with E-state index in [1.54, 1.807) is 0 Å².